The summed E-state index contributed by atoms with van der Waals surface area (Å²) in [5.74, 6) is 1.37. The van der Waals surface area contributed by atoms with Gasteiger partial charge in [0.15, 0.2) is 22.5 Å². The zero-order chi connectivity index (χ0) is 16.6. The van der Waals surface area contributed by atoms with Gasteiger partial charge in [-0.2, -0.15) is 0 Å². The van der Waals surface area contributed by atoms with Gasteiger partial charge in [0.05, 0.1) is 14.2 Å². The zero-order valence-electron chi connectivity index (χ0n) is 12.4. The second-order valence-corrected chi connectivity index (χ2v) is 6.33. The summed E-state index contributed by atoms with van der Waals surface area (Å²) in [4.78, 5) is 12.6. The maximum absolute atomic E-state index is 12.6. The number of halogens is 2. The van der Waals surface area contributed by atoms with Gasteiger partial charge in [0.25, 0.3) is 0 Å². The highest BCUT2D eigenvalue weighted by Gasteiger charge is 2.23. The Hall–Kier alpha value is -1.79. The first-order valence-electron chi connectivity index (χ1n) is 6.70. The van der Waals surface area contributed by atoms with Gasteiger partial charge in [0.2, 0.25) is 0 Å². The van der Waals surface area contributed by atoms with Crippen LogP contribution in [0.4, 0.5) is 0 Å². The summed E-state index contributed by atoms with van der Waals surface area (Å²) in [5, 5.41) is 0.353. The van der Waals surface area contributed by atoms with Crippen LogP contribution in [0, 0.1) is 0 Å². The van der Waals surface area contributed by atoms with Crippen molar-refractivity contribution in [2.75, 3.05) is 14.2 Å². The van der Waals surface area contributed by atoms with Crippen molar-refractivity contribution in [3.63, 3.8) is 0 Å². The van der Waals surface area contributed by atoms with Gasteiger partial charge in [-0.15, -0.1) is 0 Å². The summed E-state index contributed by atoms with van der Waals surface area (Å²) in [6.07, 6.45) is 0. The molecule has 0 bridgehead atoms. The molecule has 0 radical (unpaired) electrons. The summed E-state index contributed by atoms with van der Waals surface area (Å²) in [6, 6.07) is 10.9. The second kappa shape index (κ2) is 6.37. The summed E-state index contributed by atoms with van der Waals surface area (Å²) in [6.45, 7) is 0. The Bertz CT molecular complexity index is 933. The van der Waals surface area contributed by atoms with Crippen LogP contribution in [0.25, 0.3) is 22.3 Å². The van der Waals surface area contributed by atoms with E-state index in [9.17, 15) is 4.79 Å². The molecule has 0 aliphatic heterocycles. The van der Waals surface area contributed by atoms with Crippen molar-refractivity contribution in [2.24, 2.45) is 0 Å². The normalized spacial score (nSPS) is 10.8. The monoisotopic (exact) mass is 438 g/mol. The van der Waals surface area contributed by atoms with Crippen LogP contribution in [0.3, 0.4) is 0 Å². The van der Waals surface area contributed by atoms with E-state index >= 15 is 0 Å². The Morgan fingerprint density at radius 3 is 2.22 bits per heavy atom. The first-order chi connectivity index (χ1) is 11.1. The fraction of sp³-hybridized carbons (Fsp3) is 0.118. The highest BCUT2D eigenvalue weighted by atomic mass is 79.9. The minimum atomic E-state index is -0.189. The summed E-state index contributed by atoms with van der Waals surface area (Å²) in [7, 11) is 3.03. The number of methoxy groups -OCH3 is 2. The number of hydrogen-bond acceptors (Lipinski definition) is 4. The number of rotatable bonds is 3. The highest BCUT2D eigenvalue weighted by Crippen LogP contribution is 2.46. The molecule has 2 aromatic carbocycles. The molecule has 1 heterocycles. The van der Waals surface area contributed by atoms with E-state index < -0.39 is 0 Å². The molecule has 3 rings (SSSR count). The van der Waals surface area contributed by atoms with Crippen LogP contribution in [0.15, 0.2) is 54.6 Å². The lowest BCUT2D eigenvalue weighted by molar-refractivity contribution is 0.389. The van der Waals surface area contributed by atoms with E-state index in [0.717, 1.165) is 5.56 Å². The SMILES string of the molecule is COc1c(Br)c(OC)c2c(=O)cc(-c3ccccc3)oc2c1Br. The van der Waals surface area contributed by atoms with Crippen molar-refractivity contribution in [1.82, 2.24) is 0 Å². The Morgan fingerprint density at radius 2 is 1.61 bits per heavy atom. The Labute approximate surface area is 149 Å². The average molecular weight is 440 g/mol. The minimum Gasteiger partial charge on any atom is -0.494 e. The van der Waals surface area contributed by atoms with Crippen molar-refractivity contribution in [3.8, 4) is 22.8 Å². The fourth-order valence-electron chi connectivity index (χ4n) is 2.39. The number of ether oxygens (including phenoxy) is 2. The number of fused-ring (bicyclic) bond motifs is 1. The molecule has 0 saturated heterocycles. The van der Waals surface area contributed by atoms with Gasteiger partial charge in [-0.25, -0.2) is 0 Å². The zero-order valence-corrected chi connectivity index (χ0v) is 15.5. The molecule has 0 saturated carbocycles. The molecule has 118 valence electrons. The molecule has 3 aromatic rings. The maximum Gasteiger partial charge on any atom is 0.197 e. The van der Waals surface area contributed by atoms with E-state index in [0.29, 0.717) is 37.2 Å². The molecule has 0 N–H and O–H groups in total. The van der Waals surface area contributed by atoms with Crippen molar-refractivity contribution < 1.29 is 13.9 Å². The molecular weight excluding hydrogens is 428 g/mol. The Kier molecular flexibility index (Phi) is 4.46. The van der Waals surface area contributed by atoms with Gasteiger partial charge in [-0.05, 0) is 31.9 Å². The van der Waals surface area contributed by atoms with Gasteiger partial charge in [0.1, 0.15) is 20.1 Å². The molecule has 0 spiro atoms. The lowest BCUT2D eigenvalue weighted by atomic mass is 10.1. The molecule has 0 unspecified atom stereocenters. The van der Waals surface area contributed by atoms with Crippen LogP contribution in [-0.4, -0.2) is 14.2 Å². The number of benzene rings is 2. The number of hydrogen-bond donors (Lipinski definition) is 0. The highest BCUT2D eigenvalue weighted by molar-refractivity contribution is 9.11. The molecular formula is C17H12Br2O4. The first-order valence-corrected chi connectivity index (χ1v) is 8.29. The maximum atomic E-state index is 12.6. The van der Waals surface area contributed by atoms with Crippen LogP contribution >= 0.6 is 31.9 Å². The Balaban J connectivity index is 2.43. The average Bonchev–Trinajstić information content (AvgIpc) is 2.57. The molecule has 0 amide bonds. The fourth-order valence-corrected chi connectivity index (χ4v) is 4.02. The third kappa shape index (κ3) is 2.66. The van der Waals surface area contributed by atoms with E-state index in [1.807, 2.05) is 30.3 Å². The molecule has 6 heteroatoms. The molecule has 0 fully saturated rings. The van der Waals surface area contributed by atoms with Crippen LogP contribution in [0.2, 0.25) is 0 Å². The molecule has 0 aliphatic rings. The summed E-state index contributed by atoms with van der Waals surface area (Å²) < 4.78 is 17.8. The van der Waals surface area contributed by atoms with E-state index in [2.05, 4.69) is 31.9 Å². The van der Waals surface area contributed by atoms with Gasteiger partial charge < -0.3 is 13.9 Å². The van der Waals surface area contributed by atoms with Crippen molar-refractivity contribution in [3.05, 3.63) is 55.6 Å². The van der Waals surface area contributed by atoms with Crippen LogP contribution in [-0.2, 0) is 0 Å². The smallest absolute Gasteiger partial charge is 0.197 e. The summed E-state index contributed by atoms with van der Waals surface area (Å²) >= 11 is 6.86. The third-order valence-electron chi connectivity index (χ3n) is 3.44. The topological polar surface area (TPSA) is 48.7 Å². The van der Waals surface area contributed by atoms with Gasteiger partial charge in [-0.3, -0.25) is 4.79 Å². The second-order valence-electron chi connectivity index (χ2n) is 4.74. The van der Waals surface area contributed by atoms with Crippen LogP contribution in [0.5, 0.6) is 11.5 Å². The molecule has 0 aliphatic carbocycles. The van der Waals surface area contributed by atoms with E-state index in [1.54, 1.807) is 0 Å². The minimum absolute atomic E-state index is 0.189. The standard InChI is InChI=1S/C17H12Br2O4/c1-21-15-12-10(20)8-11(9-6-4-3-5-7-9)23-16(12)14(19)17(22-2)13(15)18/h3-8H,1-2H3. The Morgan fingerprint density at radius 1 is 0.957 bits per heavy atom. The predicted molar refractivity (Wildman–Crippen MR) is 96.4 cm³/mol. The van der Waals surface area contributed by atoms with Crippen molar-refractivity contribution in [1.29, 1.82) is 0 Å². The van der Waals surface area contributed by atoms with E-state index in [-0.39, 0.29) is 5.43 Å². The molecule has 1 aromatic heterocycles. The predicted octanol–water partition coefficient (Wildman–Crippen LogP) is 5.00. The van der Waals surface area contributed by atoms with Crippen LogP contribution in [0.1, 0.15) is 0 Å². The lowest BCUT2D eigenvalue weighted by Gasteiger charge is -2.14. The van der Waals surface area contributed by atoms with Crippen molar-refractivity contribution in [2.45, 2.75) is 0 Å². The third-order valence-corrected chi connectivity index (χ3v) is 4.88. The largest absolute Gasteiger partial charge is 0.494 e. The van der Waals surface area contributed by atoms with Crippen LogP contribution < -0.4 is 14.9 Å². The van der Waals surface area contributed by atoms with Gasteiger partial charge >= 0.3 is 0 Å². The molecule has 23 heavy (non-hydrogen) atoms. The lowest BCUT2D eigenvalue weighted by Crippen LogP contribution is -2.05. The molecule has 4 nitrogen and oxygen atoms in total. The quantitative estimate of drug-likeness (QED) is 0.576. The van der Waals surface area contributed by atoms with E-state index in [1.165, 1.54) is 20.3 Å². The van der Waals surface area contributed by atoms with Crippen molar-refractivity contribution >= 4 is 42.8 Å². The first kappa shape index (κ1) is 16.1. The summed E-state index contributed by atoms with van der Waals surface area (Å²) in [5.41, 5.74) is 1.01. The van der Waals surface area contributed by atoms with E-state index in [4.69, 9.17) is 13.9 Å². The van der Waals surface area contributed by atoms with Gasteiger partial charge in [-0.1, -0.05) is 30.3 Å². The molecule has 0 atom stereocenters. The van der Waals surface area contributed by atoms with Gasteiger partial charge in [0, 0.05) is 11.6 Å².